The van der Waals surface area contributed by atoms with Gasteiger partial charge >= 0.3 is 0 Å². The molecule has 2 aromatic rings. The molecular weight excluding hydrogens is 362 g/mol. The van der Waals surface area contributed by atoms with Gasteiger partial charge in [-0.2, -0.15) is 0 Å². The molecule has 0 radical (unpaired) electrons. The third-order valence-corrected chi connectivity index (χ3v) is 7.39. The number of hydrogen-bond donors (Lipinski definition) is 1. The Hall–Kier alpha value is -1.72. The van der Waals surface area contributed by atoms with Crippen molar-refractivity contribution in [1.29, 1.82) is 0 Å². The van der Waals surface area contributed by atoms with Crippen LogP contribution in [0, 0.1) is 5.92 Å². The zero-order chi connectivity index (χ0) is 18.1. The van der Waals surface area contributed by atoms with Crippen LogP contribution in [0.3, 0.4) is 0 Å². The Morgan fingerprint density at radius 3 is 3.08 bits per heavy atom. The van der Waals surface area contributed by atoms with Crippen LogP contribution in [0.25, 0.3) is 6.08 Å². The van der Waals surface area contributed by atoms with Crippen molar-refractivity contribution in [2.75, 3.05) is 7.11 Å². The summed E-state index contributed by atoms with van der Waals surface area (Å²) in [6.07, 6.45) is 5.79. The average molecular weight is 386 g/mol. The van der Waals surface area contributed by atoms with Crippen molar-refractivity contribution < 1.29 is 9.53 Å². The standard InChI is InChI=1S/C21H23NO2S2/c1-13-6-7-16-17-12-25-20(10-19(17)26-18(16)8-13)21(23)22-11-14-4-3-5-15(9-14)24-2/h3-5,9-10,13H,6-8,11-12H2,1-2H3,(H,22,23). The van der Waals surface area contributed by atoms with E-state index >= 15 is 0 Å². The van der Waals surface area contributed by atoms with E-state index < -0.39 is 0 Å². The molecule has 1 aromatic heterocycles. The molecule has 26 heavy (non-hydrogen) atoms. The number of thioether (sulfide) groups is 1. The maximum Gasteiger partial charge on any atom is 0.258 e. The first kappa shape index (κ1) is 17.7. The summed E-state index contributed by atoms with van der Waals surface area (Å²) in [7, 11) is 1.65. The second-order valence-electron chi connectivity index (χ2n) is 7.03. The van der Waals surface area contributed by atoms with Gasteiger partial charge in [-0.1, -0.05) is 19.1 Å². The lowest BCUT2D eigenvalue weighted by Crippen LogP contribution is -2.24. The van der Waals surface area contributed by atoms with Crippen LogP contribution in [0.15, 0.2) is 29.2 Å². The predicted molar refractivity (Wildman–Crippen MR) is 110 cm³/mol. The number of carbonyl (C=O) groups is 1. The summed E-state index contributed by atoms with van der Waals surface area (Å²) in [4.78, 5) is 16.3. The summed E-state index contributed by atoms with van der Waals surface area (Å²) in [6.45, 7) is 2.85. The lowest BCUT2D eigenvalue weighted by atomic mass is 9.88. The van der Waals surface area contributed by atoms with Gasteiger partial charge in [0.05, 0.1) is 12.0 Å². The highest BCUT2D eigenvalue weighted by Crippen LogP contribution is 2.43. The minimum absolute atomic E-state index is 0.0169. The highest BCUT2D eigenvalue weighted by atomic mass is 32.2. The van der Waals surface area contributed by atoms with Crippen LogP contribution >= 0.6 is 23.1 Å². The summed E-state index contributed by atoms with van der Waals surface area (Å²) in [5, 5.41) is 3.04. The van der Waals surface area contributed by atoms with Gasteiger partial charge in [0, 0.05) is 22.1 Å². The fourth-order valence-corrected chi connectivity index (χ4v) is 6.28. The molecule has 0 saturated carbocycles. The van der Waals surface area contributed by atoms with E-state index in [-0.39, 0.29) is 5.91 Å². The summed E-state index contributed by atoms with van der Waals surface area (Å²) in [5.74, 6) is 2.53. The number of carbonyl (C=O) groups excluding carboxylic acids is 1. The van der Waals surface area contributed by atoms with Crippen LogP contribution < -0.4 is 10.1 Å². The summed E-state index contributed by atoms with van der Waals surface area (Å²) in [5.41, 5.74) is 4.09. The smallest absolute Gasteiger partial charge is 0.258 e. The Morgan fingerprint density at radius 1 is 1.35 bits per heavy atom. The second kappa shape index (κ2) is 7.49. The molecule has 0 bridgehead atoms. The Morgan fingerprint density at radius 2 is 2.23 bits per heavy atom. The van der Waals surface area contributed by atoms with Crippen LogP contribution in [0.1, 0.15) is 39.8 Å². The van der Waals surface area contributed by atoms with Gasteiger partial charge in [-0.25, -0.2) is 0 Å². The SMILES string of the molecule is COc1cccc(CNC(=O)C2=Cc3sc4c(c3CS2)CCC(C)C4)c1. The van der Waals surface area contributed by atoms with Gasteiger partial charge in [-0.05, 0) is 60.1 Å². The second-order valence-corrected chi connectivity index (χ2v) is 9.18. The van der Waals surface area contributed by atoms with E-state index in [1.165, 1.54) is 29.7 Å². The van der Waals surface area contributed by atoms with Crippen LogP contribution in [0.5, 0.6) is 5.75 Å². The number of hydrogen-bond acceptors (Lipinski definition) is 4. The van der Waals surface area contributed by atoms with E-state index in [1.807, 2.05) is 35.6 Å². The number of nitrogens with one attached hydrogen (secondary N) is 1. The Labute approximate surface area is 162 Å². The van der Waals surface area contributed by atoms with E-state index in [2.05, 4.69) is 18.3 Å². The minimum atomic E-state index is 0.0169. The molecule has 2 heterocycles. The molecular formula is C21H23NO2S2. The van der Waals surface area contributed by atoms with Gasteiger partial charge < -0.3 is 10.1 Å². The van der Waals surface area contributed by atoms with Crippen LogP contribution in [-0.4, -0.2) is 13.0 Å². The molecule has 0 fully saturated rings. The predicted octanol–water partition coefficient (Wildman–Crippen LogP) is 4.79. The molecule has 1 N–H and O–H groups in total. The number of ether oxygens (including phenoxy) is 1. The first-order chi connectivity index (χ1) is 12.6. The van der Waals surface area contributed by atoms with Crippen LogP contribution in [0.2, 0.25) is 0 Å². The topological polar surface area (TPSA) is 38.3 Å². The van der Waals surface area contributed by atoms with E-state index in [1.54, 1.807) is 29.3 Å². The lowest BCUT2D eigenvalue weighted by molar-refractivity contribution is -0.116. The molecule has 1 atom stereocenters. The van der Waals surface area contributed by atoms with Gasteiger partial charge in [-0.3, -0.25) is 4.79 Å². The van der Waals surface area contributed by atoms with Crippen molar-refractivity contribution in [1.82, 2.24) is 5.32 Å². The number of methoxy groups -OCH3 is 1. The highest BCUT2D eigenvalue weighted by Gasteiger charge is 2.26. The van der Waals surface area contributed by atoms with Crippen LogP contribution in [0.4, 0.5) is 0 Å². The van der Waals surface area contributed by atoms with Crippen molar-refractivity contribution in [3.05, 3.63) is 55.6 Å². The van der Waals surface area contributed by atoms with Crippen LogP contribution in [-0.2, 0) is 29.9 Å². The molecule has 4 rings (SSSR count). The molecule has 0 spiro atoms. The summed E-state index contributed by atoms with van der Waals surface area (Å²) in [6, 6.07) is 7.80. The zero-order valence-electron chi connectivity index (χ0n) is 15.1. The summed E-state index contributed by atoms with van der Waals surface area (Å²) >= 11 is 3.56. The largest absolute Gasteiger partial charge is 0.497 e. The maximum atomic E-state index is 12.6. The molecule has 1 unspecified atom stereocenters. The Balaban J connectivity index is 1.46. The number of rotatable bonds is 4. The fraction of sp³-hybridized carbons (Fsp3) is 0.381. The molecule has 3 nitrogen and oxygen atoms in total. The average Bonchev–Trinajstić information content (AvgIpc) is 3.02. The van der Waals surface area contributed by atoms with Crippen molar-refractivity contribution in [3.8, 4) is 5.75 Å². The normalized spacial score (nSPS) is 18.5. The number of amides is 1. The molecule has 1 aliphatic carbocycles. The van der Waals surface area contributed by atoms with E-state index in [9.17, 15) is 4.79 Å². The van der Waals surface area contributed by atoms with Crippen molar-refractivity contribution in [2.45, 2.75) is 38.5 Å². The molecule has 1 aliphatic heterocycles. The molecule has 1 aromatic carbocycles. The molecule has 1 amide bonds. The van der Waals surface area contributed by atoms with Crippen molar-refractivity contribution in [3.63, 3.8) is 0 Å². The molecule has 2 aliphatic rings. The van der Waals surface area contributed by atoms with Gasteiger partial charge in [-0.15, -0.1) is 23.1 Å². The quantitative estimate of drug-likeness (QED) is 0.823. The van der Waals surface area contributed by atoms with E-state index in [4.69, 9.17) is 4.74 Å². The molecule has 0 saturated heterocycles. The van der Waals surface area contributed by atoms with Gasteiger partial charge in [0.15, 0.2) is 0 Å². The number of fused-ring (bicyclic) bond motifs is 3. The highest BCUT2D eigenvalue weighted by molar-refractivity contribution is 8.03. The van der Waals surface area contributed by atoms with Gasteiger partial charge in [0.2, 0.25) is 0 Å². The third-order valence-electron chi connectivity index (χ3n) is 5.10. The number of thiophene rings is 1. The zero-order valence-corrected chi connectivity index (χ0v) is 16.8. The monoisotopic (exact) mass is 385 g/mol. The third kappa shape index (κ3) is 3.55. The maximum absolute atomic E-state index is 12.6. The van der Waals surface area contributed by atoms with Crippen molar-refractivity contribution in [2.24, 2.45) is 5.92 Å². The first-order valence-electron chi connectivity index (χ1n) is 9.03. The minimum Gasteiger partial charge on any atom is -0.497 e. The van der Waals surface area contributed by atoms with E-state index in [0.717, 1.165) is 27.9 Å². The van der Waals surface area contributed by atoms with Crippen molar-refractivity contribution >= 4 is 35.1 Å². The van der Waals surface area contributed by atoms with Gasteiger partial charge in [0.25, 0.3) is 5.91 Å². The number of benzene rings is 1. The Bertz CT molecular complexity index is 869. The first-order valence-corrected chi connectivity index (χ1v) is 10.8. The molecule has 136 valence electrons. The van der Waals surface area contributed by atoms with E-state index in [0.29, 0.717) is 6.54 Å². The fourth-order valence-electron chi connectivity index (χ4n) is 3.61. The Kier molecular flexibility index (Phi) is 5.09. The molecule has 5 heteroatoms. The summed E-state index contributed by atoms with van der Waals surface area (Å²) < 4.78 is 5.24. The lowest BCUT2D eigenvalue weighted by Gasteiger charge is -2.20. The van der Waals surface area contributed by atoms with Gasteiger partial charge in [0.1, 0.15) is 5.75 Å².